The highest BCUT2D eigenvalue weighted by Crippen LogP contribution is 2.10. The van der Waals surface area contributed by atoms with E-state index >= 15 is 0 Å². The number of ether oxygens (including phenoxy) is 1. The summed E-state index contributed by atoms with van der Waals surface area (Å²) in [6, 6.07) is 16.3. The number of aliphatic imine (C=N–C) groups is 1. The maximum absolute atomic E-state index is 5.91. The van der Waals surface area contributed by atoms with Crippen molar-refractivity contribution in [3.8, 4) is 0 Å². The number of anilines is 1. The van der Waals surface area contributed by atoms with Gasteiger partial charge in [0.15, 0.2) is 5.96 Å². The van der Waals surface area contributed by atoms with E-state index in [0.29, 0.717) is 6.61 Å². The number of hydrogen-bond donors (Lipinski definition) is 3. The van der Waals surface area contributed by atoms with Gasteiger partial charge in [-0.15, -0.1) is 24.0 Å². The van der Waals surface area contributed by atoms with Gasteiger partial charge < -0.3 is 20.7 Å². The van der Waals surface area contributed by atoms with Crippen LogP contribution in [0.25, 0.3) is 0 Å². The van der Waals surface area contributed by atoms with Crippen molar-refractivity contribution in [1.29, 1.82) is 0 Å². The zero-order chi connectivity index (χ0) is 18.6. The largest absolute Gasteiger partial charge is 0.383 e. The number of guanidine groups is 1. The standard InChI is InChI=1S/C20H27ClN4O.HI/c1-22-20(24-12-11-16-3-7-18(21)8-4-16)25-15-17-5-9-19(10-6-17)23-13-14-26-2;/h3-10,23H,11-15H2,1-2H3,(H2,22,24,25);1H. The molecule has 0 aliphatic rings. The van der Waals surface area contributed by atoms with Crippen molar-refractivity contribution < 1.29 is 4.74 Å². The topological polar surface area (TPSA) is 57.7 Å². The van der Waals surface area contributed by atoms with Crippen LogP contribution in [0.2, 0.25) is 5.02 Å². The third-order valence-electron chi connectivity index (χ3n) is 3.89. The zero-order valence-corrected chi connectivity index (χ0v) is 18.9. The smallest absolute Gasteiger partial charge is 0.191 e. The van der Waals surface area contributed by atoms with E-state index in [9.17, 15) is 0 Å². The molecule has 2 aromatic rings. The molecule has 3 N–H and O–H groups in total. The Balaban J connectivity index is 0.00000364. The summed E-state index contributed by atoms with van der Waals surface area (Å²) in [6.07, 6.45) is 0.916. The minimum absolute atomic E-state index is 0. The van der Waals surface area contributed by atoms with E-state index in [1.165, 1.54) is 11.1 Å². The van der Waals surface area contributed by atoms with Crippen LogP contribution in [0.5, 0.6) is 0 Å². The fraction of sp³-hybridized carbons (Fsp3) is 0.350. The average molecular weight is 503 g/mol. The van der Waals surface area contributed by atoms with Crippen molar-refractivity contribution in [1.82, 2.24) is 10.6 Å². The van der Waals surface area contributed by atoms with Gasteiger partial charge in [0, 0.05) is 44.5 Å². The Morgan fingerprint density at radius 3 is 2.26 bits per heavy atom. The second-order valence-corrected chi connectivity index (χ2v) is 6.28. The van der Waals surface area contributed by atoms with Crippen molar-refractivity contribution >= 4 is 47.2 Å². The molecule has 0 radical (unpaired) electrons. The van der Waals surface area contributed by atoms with Crippen LogP contribution in [-0.2, 0) is 17.7 Å². The molecule has 0 aliphatic heterocycles. The summed E-state index contributed by atoms with van der Waals surface area (Å²) in [5.41, 5.74) is 3.54. The quantitative estimate of drug-likeness (QED) is 0.211. The summed E-state index contributed by atoms with van der Waals surface area (Å²) in [6.45, 7) is 3.03. The first kappa shape index (κ1) is 23.5. The first-order chi connectivity index (χ1) is 12.7. The van der Waals surface area contributed by atoms with Gasteiger partial charge in [-0.3, -0.25) is 4.99 Å². The molecule has 0 unspecified atom stereocenters. The number of benzene rings is 2. The molecule has 0 saturated heterocycles. The predicted molar refractivity (Wildman–Crippen MR) is 126 cm³/mol. The molecule has 7 heteroatoms. The summed E-state index contributed by atoms with van der Waals surface area (Å²) < 4.78 is 5.03. The van der Waals surface area contributed by atoms with Gasteiger partial charge in [-0.25, -0.2) is 0 Å². The fourth-order valence-electron chi connectivity index (χ4n) is 2.42. The van der Waals surface area contributed by atoms with Crippen LogP contribution in [-0.4, -0.2) is 39.8 Å². The molecule has 0 spiro atoms. The molecular weight excluding hydrogens is 475 g/mol. The Bertz CT molecular complexity index is 677. The SMILES string of the molecule is CN=C(NCCc1ccc(Cl)cc1)NCc1ccc(NCCOC)cc1.I. The third-order valence-corrected chi connectivity index (χ3v) is 4.14. The molecule has 0 fully saturated rings. The minimum Gasteiger partial charge on any atom is -0.383 e. The Morgan fingerprint density at radius 2 is 1.63 bits per heavy atom. The Kier molecular flexibility index (Phi) is 11.9. The summed E-state index contributed by atoms with van der Waals surface area (Å²) in [5, 5.41) is 10.7. The van der Waals surface area contributed by atoms with Gasteiger partial charge in [0.25, 0.3) is 0 Å². The molecule has 148 valence electrons. The lowest BCUT2D eigenvalue weighted by Gasteiger charge is -2.12. The molecular formula is C20H28ClIN4O. The van der Waals surface area contributed by atoms with Gasteiger partial charge >= 0.3 is 0 Å². The number of rotatable bonds is 9. The Labute approximate surface area is 184 Å². The lowest BCUT2D eigenvalue weighted by Crippen LogP contribution is -2.37. The molecule has 0 atom stereocenters. The van der Waals surface area contributed by atoms with Gasteiger partial charge in [-0.2, -0.15) is 0 Å². The molecule has 2 aromatic carbocycles. The van der Waals surface area contributed by atoms with Crippen molar-refractivity contribution in [3.05, 3.63) is 64.7 Å². The molecule has 5 nitrogen and oxygen atoms in total. The van der Waals surface area contributed by atoms with Crippen molar-refractivity contribution in [3.63, 3.8) is 0 Å². The van der Waals surface area contributed by atoms with Crippen LogP contribution in [0.4, 0.5) is 5.69 Å². The van der Waals surface area contributed by atoms with Crippen LogP contribution in [0.3, 0.4) is 0 Å². The Hall–Kier alpha value is -1.51. The molecule has 0 amide bonds. The minimum atomic E-state index is 0. The van der Waals surface area contributed by atoms with Gasteiger partial charge in [-0.1, -0.05) is 35.9 Å². The molecule has 27 heavy (non-hydrogen) atoms. The third kappa shape index (κ3) is 9.30. The number of nitrogens with zero attached hydrogens (tertiary/aromatic N) is 1. The first-order valence-electron chi connectivity index (χ1n) is 8.72. The molecule has 0 bridgehead atoms. The van der Waals surface area contributed by atoms with Crippen LogP contribution in [0.15, 0.2) is 53.5 Å². The van der Waals surface area contributed by atoms with Crippen LogP contribution < -0.4 is 16.0 Å². The second-order valence-electron chi connectivity index (χ2n) is 5.85. The van der Waals surface area contributed by atoms with Gasteiger partial charge in [0.1, 0.15) is 0 Å². The molecule has 0 aliphatic carbocycles. The second kappa shape index (κ2) is 13.6. The molecule has 0 aromatic heterocycles. The van der Waals surface area contributed by atoms with E-state index < -0.39 is 0 Å². The predicted octanol–water partition coefficient (Wildman–Crippen LogP) is 3.92. The Morgan fingerprint density at radius 1 is 0.963 bits per heavy atom. The van der Waals surface area contributed by atoms with Gasteiger partial charge in [0.2, 0.25) is 0 Å². The van der Waals surface area contributed by atoms with E-state index in [-0.39, 0.29) is 24.0 Å². The molecule has 0 saturated carbocycles. The van der Waals surface area contributed by atoms with Crippen molar-refractivity contribution in [2.24, 2.45) is 4.99 Å². The number of nitrogens with one attached hydrogen (secondary N) is 3. The van der Waals surface area contributed by atoms with E-state index in [2.05, 4.69) is 45.2 Å². The fourth-order valence-corrected chi connectivity index (χ4v) is 2.55. The van der Waals surface area contributed by atoms with Crippen LogP contribution in [0.1, 0.15) is 11.1 Å². The highest BCUT2D eigenvalue weighted by molar-refractivity contribution is 14.0. The summed E-state index contributed by atoms with van der Waals surface area (Å²) >= 11 is 5.91. The highest BCUT2D eigenvalue weighted by Gasteiger charge is 2.00. The van der Waals surface area contributed by atoms with E-state index in [1.807, 2.05) is 24.3 Å². The van der Waals surface area contributed by atoms with Crippen molar-refractivity contribution in [2.45, 2.75) is 13.0 Å². The highest BCUT2D eigenvalue weighted by atomic mass is 127. The van der Waals surface area contributed by atoms with Gasteiger partial charge in [-0.05, 0) is 41.8 Å². The van der Waals surface area contributed by atoms with Crippen molar-refractivity contribution in [2.75, 3.05) is 39.2 Å². The first-order valence-corrected chi connectivity index (χ1v) is 9.10. The van der Waals surface area contributed by atoms with Crippen LogP contribution >= 0.6 is 35.6 Å². The molecule has 2 rings (SSSR count). The number of hydrogen-bond acceptors (Lipinski definition) is 3. The molecule has 0 heterocycles. The lowest BCUT2D eigenvalue weighted by atomic mass is 10.1. The monoisotopic (exact) mass is 502 g/mol. The van der Waals surface area contributed by atoms with Gasteiger partial charge in [0.05, 0.1) is 6.61 Å². The normalized spacial score (nSPS) is 10.9. The number of methoxy groups -OCH3 is 1. The van der Waals surface area contributed by atoms with E-state index in [4.69, 9.17) is 16.3 Å². The number of halogens is 2. The summed E-state index contributed by atoms with van der Waals surface area (Å²) in [5.74, 6) is 0.793. The van der Waals surface area contributed by atoms with E-state index in [0.717, 1.165) is 42.7 Å². The maximum atomic E-state index is 5.91. The average Bonchev–Trinajstić information content (AvgIpc) is 2.67. The maximum Gasteiger partial charge on any atom is 0.191 e. The summed E-state index contributed by atoms with van der Waals surface area (Å²) in [7, 11) is 3.48. The summed E-state index contributed by atoms with van der Waals surface area (Å²) in [4.78, 5) is 4.26. The van der Waals surface area contributed by atoms with Crippen LogP contribution in [0, 0.1) is 0 Å². The van der Waals surface area contributed by atoms with E-state index in [1.54, 1.807) is 14.2 Å². The lowest BCUT2D eigenvalue weighted by molar-refractivity contribution is 0.211. The zero-order valence-electron chi connectivity index (χ0n) is 15.8.